The second-order valence-corrected chi connectivity index (χ2v) is 2.28. The van der Waals surface area contributed by atoms with E-state index in [1.807, 2.05) is 7.85 Å². The van der Waals surface area contributed by atoms with Crippen molar-refractivity contribution in [3.8, 4) is 6.07 Å². The SMILES string of the molecule is BCc1ccc(C#N)c(F)c1. The van der Waals surface area contributed by atoms with Gasteiger partial charge in [-0.15, -0.1) is 0 Å². The van der Waals surface area contributed by atoms with Crippen molar-refractivity contribution in [1.29, 1.82) is 5.26 Å². The Labute approximate surface area is 65.9 Å². The summed E-state index contributed by atoms with van der Waals surface area (Å²) in [6.45, 7) is 0. The summed E-state index contributed by atoms with van der Waals surface area (Å²) in [5, 5.41) is 8.39. The fourth-order valence-corrected chi connectivity index (χ4v) is 0.869. The van der Waals surface area contributed by atoms with Crippen LogP contribution in [0.25, 0.3) is 0 Å². The molecule has 1 aromatic carbocycles. The van der Waals surface area contributed by atoms with Crippen molar-refractivity contribution >= 4 is 7.85 Å². The summed E-state index contributed by atoms with van der Waals surface area (Å²) in [5.41, 5.74) is 1.03. The van der Waals surface area contributed by atoms with Gasteiger partial charge in [0.15, 0.2) is 0 Å². The van der Waals surface area contributed by atoms with Crippen LogP contribution >= 0.6 is 0 Å². The van der Waals surface area contributed by atoms with E-state index in [9.17, 15) is 4.39 Å². The van der Waals surface area contributed by atoms with Gasteiger partial charge in [-0.25, -0.2) is 4.39 Å². The number of hydrogen-bond donors (Lipinski definition) is 0. The maximum Gasteiger partial charge on any atom is 0.141 e. The molecule has 0 atom stereocenters. The molecule has 0 aliphatic rings. The first-order valence-electron chi connectivity index (χ1n) is 3.46. The van der Waals surface area contributed by atoms with Crippen LogP contribution in [-0.4, -0.2) is 7.85 Å². The third-order valence-electron chi connectivity index (χ3n) is 1.56. The lowest BCUT2D eigenvalue weighted by Crippen LogP contribution is -1.88. The molecule has 0 aliphatic heterocycles. The van der Waals surface area contributed by atoms with Crippen molar-refractivity contribution in [1.82, 2.24) is 0 Å². The molecule has 0 bridgehead atoms. The lowest BCUT2D eigenvalue weighted by molar-refractivity contribution is 0.622. The van der Waals surface area contributed by atoms with Crippen molar-refractivity contribution in [2.75, 3.05) is 0 Å². The van der Waals surface area contributed by atoms with Crippen molar-refractivity contribution in [2.45, 2.75) is 6.32 Å². The van der Waals surface area contributed by atoms with Crippen LogP contribution in [-0.2, 0) is 6.32 Å². The molecule has 0 heterocycles. The van der Waals surface area contributed by atoms with E-state index in [4.69, 9.17) is 5.26 Å². The zero-order valence-corrected chi connectivity index (χ0v) is 6.26. The highest BCUT2D eigenvalue weighted by molar-refractivity contribution is 6.08. The van der Waals surface area contributed by atoms with E-state index in [1.54, 1.807) is 12.1 Å². The highest BCUT2D eigenvalue weighted by atomic mass is 19.1. The van der Waals surface area contributed by atoms with E-state index in [2.05, 4.69) is 0 Å². The fraction of sp³-hybridized carbons (Fsp3) is 0.125. The van der Waals surface area contributed by atoms with Gasteiger partial charge in [-0.2, -0.15) is 5.26 Å². The number of hydrogen-bond acceptors (Lipinski definition) is 1. The van der Waals surface area contributed by atoms with Crippen LogP contribution in [0.2, 0.25) is 0 Å². The van der Waals surface area contributed by atoms with Crippen LogP contribution in [0.3, 0.4) is 0 Å². The van der Waals surface area contributed by atoms with Crippen molar-refractivity contribution in [3.05, 3.63) is 35.1 Å². The van der Waals surface area contributed by atoms with Gasteiger partial charge in [0.05, 0.1) is 5.56 Å². The zero-order chi connectivity index (χ0) is 8.27. The van der Waals surface area contributed by atoms with Crippen molar-refractivity contribution in [3.63, 3.8) is 0 Å². The van der Waals surface area contributed by atoms with E-state index < -0.39 is 5.82 Å². The molecule has 0 amide bonds. The number of rotatable bonds is 1. The molecule has 0 fully saturated rings. The molecule has 1 rings (SSSR count). The number of halogens is 1. The summed E-state index contributed by atoms with van der Waals surface area (Å²) >= 11 is 0. The molecule has 0 saturated carbocycles. The average molecular weight is 147 g/mol. The Morgan fingerprint density at radius 2 is 2.27 bits per heavy atom. The standard InChI is InChI=1S/C8H7BFN/c9-4-6-1-2-7(5-11)8(10)3-6/h1-3H,4,9H2. The first-order chi connectivity index (χ1) is 5.27. The Bertz CT molecular complexity index is 303. The first kappa shape index (κ1) is 7.81. The molecule has 0 saturated heterocycles. The largest absolute Gasteiger partial charge is 0.206 e. The Kier molecular flexibility index (Phi) is 2.27. The zero-order valence-electron chi connectivity index (χ0n) is 6.26. The first-order valence-corrected chi connectivity index (χ1v) is 3.46. The van der Waals surface area contributed by atoms with Gasteiger partial charge in [-0.1, -0.05) is 17.9 Å². The molecule has 0 N–H and O–H groups in total. The van der Waals surface area contributed by atoms with Crippen LogP contribution in [0.15, 0.2) is 18.2 Å². The molecule has 0 aromatic heterocycles. The van der Waals surface area contributed by atoms with Gasteiger partial charge >= 0.3 is 0 Å². The van der Waals surface area contributed by atoms with Crippen molar-refractivity contribution in [2.24, 2.45) is 0 Å². The van der Waals surface area contributed by atoms with E-state index in [0.29, 0.717) is 0 Å². The second kappa shape index (κ2) is 3.20. The van der Waals surface area contributed by atoms with Crippen LogP contribution in [0.4, 0.5) is 4.39 Å². The normalized spacial score (nSPS) is 9.09. The lowest BCUT2D eigenvalue weighted by atomic mass is 9.96. The molecule has 0 radical (unpaired) electrons. The Morgan fingerprint density at radius 1 is 1.55 bits per heavy atom. The summed E-state index contributed by atoms with van der Waals surface area (Å²) in [4.78, 5) is 0. The molecule has 0 unspecified atom stereocenters. The Morgan fingerprint density at radius 3 is 2.73 bits per heavy atom. The molecular formula is C8H7BFN. The minimum absolute atomic E-state index is 0.113. The van der Waals surface area contributed by atoms with Crippen LogP contribution in [0.1, 0.15) is 11.1 Å². The minimum atomic E-state index is -0.424. The fourth-order valence-electron chi connectivity index (χ4n) is 0.869. The molecule has 0 aliphatic carbocycles. The second-order valence-electron chi connectivity index (χ2n) is 2.28. The highest BCUT2D eigenvalue weighted by Crippen LogP contribution is 2.08. The summed E-state index contributed by atoms with van der Waals surface area (Å²) in [6.07, 6.45) is 0.794. The topological polar surface area (TPSA) is 23.8 Å². The van der Waals surface area contributed by atoms with Gasteiger partial charge in [0.1, 0.15) is 19.7 Å². The van der Waals surface area contributed by atoms with Gasteiger partial charge in [0.25, 0.3) is 0 Å². The summed E-state index contributed by atoms with van der Waals surface area (Å²) in [7, 11) is 1.95. The molecular weight excluding hydrogens is 140 g/mol. The average Bonchev–Trinajstić information content (AvgIpc) is 2.04. The smallest absolute Gasteiger partial charge is 0.141 e. The maximum atomic E-state index is 12.8. The number of nitrogens with zero attached hydrogens (tertiary/aromatic N) is 1. The minimum Gasteiger partial charge on any atom is -0.206 e. The van der Waals surface area contributed by atoms with Crippen LogP contribution < -0.4 is 0 Å². The lowest BCUT2D eigenvalue weighted by Gasteiger charge is -1.96. The quantitative estimate of drug-likeness (QED) is 0.539. The molecule has 0 spiro atoms. The summed E-state index contributed by atoms with van der Waals surface area (Å²) in [5.74, 6) is -0.424. The molecule has 11 heavy (non-hydrogen) atoms. The van der Waals surface area contributed by atoms with Gasteiger partial charge < -0.3 is 0 Å². The van der Waals surface area contributed by atoms with Gasteiger partial charge in [0, 0.05) is 0 Å². The monoisotopic (exact) mass is 147 g/mol. The predicted octanol–water partition coefficient (Wildman–Crippen LogP) is 0.830. The third-order valence-corrected chi connectivity index (χ3v) is 1.56. The van der Waals surface area contributed by atoms with Crippen molar-refractivity contribution < 1.29 is 4.39 Å². The Balaban J connectivity index is 3.12. The van der Waals surface area contributed by atoms with Crippen LogP contribution in [0.5, 0.6) is 0 Å². The molecule has 3 heteroatoms. The molecule has 1 aromatic rings. The third kappa shape index (κ3) is 1.59. The number of nitriles is 1. The Hall–Kier alpha value is -1.30. The van der Waals surface area contributed by atoms with E-state index in [-0.39, 0.29) is 5.56 Å². The molecule has 1 nitrogen and oxygen atoms in total. The predicted molar refractivity (Wildman–Crippen MR) is 43.4 cm³/mol. The van der Waals surface area contributed by atoms with Gasteiger partial charge in [-0.3, -0.25) is 0 Å². The summed E-state index contributed by atoms with van der Waals surface area (Å²) < 4.78 is 12.8. The van der Waals surface area contributed by atoms with Gasteiger partial charge in [-0.05, 0) is 12.1 Å². The summed E-state index contributed by atoms with van der Waals surface area (Å²) in [6, 6.07) is 6.45. The number of benzene rings is 1. The van der Waals surface area contributed by atoms with E-state index in [0.717, 1.165) is 11.9 Å². The van der Waals surface area contributed by atoms with E-state index in [1.165, 1.54) is 12.1 Å². The van der Waals surface area contributed by atoms with E-state index >= 15 is 0 Å². The molecule has 54 valence electrons. The van der Waals surface area contributed by atoms with Crippen LogP contribution in [0, 0.1) is 17.1 Å². The van der Waals surface area contributed by atoms with Gasteiger partial charge in [0.2, 0.25) is 0 Å². The highest BCUT2D eigenvalue weighted by Gasteiger charge is 1.99. The maximum absolute atomic E-state index is 12.8.